The van der Waals surface area contributed by atoms with E-state index in [1.165, 1.54) is 0 Å². The van der Waals surface area contributed by atoms with E-state index in [4.69, 9.17) is 21.1 Å². The van der Waals surface area contributed by atoms with Gasteiger partial charge in [-0.1, -0.05) is 11.6 Å². The van der Waals surface area contributed by atoms with Gasteiger partial charge in [-0.15, -0.1) is 10.2 Å². The molecule has 0 aromatic carbocycles. The molecule has 0 fully saturated rings. The van der Waals surface area contributed by atoms with Crippen molar-refractivity contribution in [1.29, 1.82) is 0 Å². The predicted molar refractivity (Wildman–Crippen MR) is 62.8 cm³/mol. The van der Waals surface area contributed by atoms with Crippen molar-refractivity contribution >= 4 is 17.4 Å². The van der Waals surface area contributed by atoms with Crippen molar-refractivity contribution in [3.63, 3.8) is 0 Å². The lowest BCUT2D eigenvalue weighted by molar-refractivity contribution is -0.0914. The summed E-state index contributed by atoms with van der Waals surface area (Å²) in [7, 11) is 3.17. The van der Waals surface area contributed by atoms with Gasteiger partial charge < -0.3 is 14.8 Å². The molecule has 0 aliphatic heterocycles. The highest BCUT2D eigenvalue weighted by Gasteiger charge is 2.10. The molecule has 1 aromatic rings. The van der Waals surface area contributed by atoms with Gasteiger partial charge in [0, 0.05) is 14.2 Å². The average Bonchev–Trinajstić information content (AvgIpc) is 2.30. The van der Waals surface area contributed by atoms with Crippen molar-refractivity contribution in [2.24, 2.45) is 0 Å². The highest BCUT2D eigenvalue weighted by molar-refractivity contribution is 6.30. The molecule has 1 N–H and O–H groups in total. The van der Waals surface area contributed by atoms with Gasteiger partial charge in [-0.25, -0.2) is 0 Å². The van der Waals surface area contributed by atoms with E-state index >= 15 is 0 Å². The Morgan fingerprint density at radius 3 is 2.38 bits per heavy atom. The van der Waals surface area contributed by atoms with E-state index in [9.17, 15) is 0 Å². The zero-order valence-electron chi connectivity index (χ0n) is 9.87. The van der Waals surface area contributed by atoms with E-state index in [1.807, 2.05) is 13.8 Å². The molecule has 5 nitrogen and oxygen atoms in total. The number of halogens is 1. The van der Waals surface area contributed by atoms with Crippen molar-refractivity contribution in [2.75, 3.05) is 26.1 Å². The van der Waals surface area contributed by atoms with Gasteiger partial charge in [0.1, 0.15) is 0 Å². The Bertz CT molecular complexity index is 356. The lowest BCUT2D eigenvalue weighted by Gasteiger charge is -2.15. The minimum absolute atomic E-state index is 0.308. The van der Waals surface area contributed by atoms with Crippen LogP contribution >= 0.6 is 11.6 Å². The minimum Gasteiger partial charge on any atom is -0.363 e. The number of hydrogen-bond acceptors (Lipinski definition) is 5. The van der Waals surface area contributed by atoms with Gasteiger partial charge >= 0.3 is 0 Å². The third-order valence-electron chi connectivity index (χ3n) is 2.43. The molecule has 6 heteroatoms. The molecular formula is C10H16ClN3O2. The van der Waals surface area contributed by atoms with Crippen LogP contribution in [-0.2, 0) is 9.47 Å². The summed E-state index contributed by atoms with van der Waals surface area (Å²) < 4.78 is 10.1. The number of nitrogens with zero attached hydrogens (tertiary/aromatic N) is 2. The number of ether oxygens (including phenoxy) is 2. The molecule has 16 heavy (non-hydrogen) atoms. The first-order valence-electron chi connectivity index (χ1n) is 4.89. The Morgan fingerprint density at radius 2 is 1.81 bits per heavy atom. The molecule has 0 atom stereocenters. The zero-order valence-corrected chi connectivity index (χ0v) is 10.6. The van der Waals surface area contributed by atoms with Crippen LogP contribution in [0, 0.1) is 13.8 Å². The molecule has 0 unspecified atom stereocenters. The molecule has 0 spiro atoms. The van der Waals surface area contributed by atoms with Gasteiger partial charge in [0.15, 0.2) is 17.3 Å². The summed E-state index contributed by atoms with van der Waals surface area (Å²) in [5.74, 6) is 0.695. The van der Waals surface area contributed by atoms with Crippen LogP contribution in [0.1, 0.15) is 11.1 Å². The molecule has 0 radical (unpaired) electrons. The zero-order chi connectivity index (χ0) is 12.1. The van der Waals surface area contributed by atoms with Crippen LogP contribution in [-0.4, -0.2) is 37.3 Å². The summed E-state index contributed by atoms with van der Waals surface area (Å²) in [5.41, 5.74) is 1.90. The summed E-state index contributed by atoms with van der Waals surface area (Å²) in [6, 6.07) is 0. The fraction of sp³-hybridized carbons (Fsp3) is 0.600. The van der Waals surface area contributed by atoms with Crippen LogP contribution < -0.4 is 5.32 Å². The first kappa shape index (κ1) is 13.2. The molecular weight excluding hydrogens is 230 g/mol. The van der Waals surface area contributed by atoms with Crippen LogP contribution in [0.4, 0.5) is 5.82 Å². The molecule has 0 aliphatic rings. The van der Waals surface area contributed by atoms with E-state index in [0.717, 1.165) is 11.1 Å². The average molecular weight is 246 g/mol. The van der Waals surface area contributed by atoms with Gasteiger partial charge in [-0.2, -0.15) is 0 Å². The highest BCUT2D eigenvalue weighted by Crippen LogP contribution is 2.20. The van der Waals surface area contributed by atoms with Crippen LogP contribution in [0.25, 0.3) is 0 Å². The maximum atomic E-state index is 5.85. The Hall–Kier alpha value is -0.910. The van der Waals surface area contributed by atoms with Crippen molar-refractivity contribution in [3.8, 4) is 0 Å². The Kier molecular flexibility index (Phi) is 4.92. The molecule has 1 aromatic heterocycles. The molecule has 0 bridgehead atoms. The van der Waals surface area contributed by atoms with E-state index in [2.05, 4.69) is 15.5 Å². The third kappa shape index (κ3) is 3.04. The molecule has 1 rings (SSSR count). The summed E-state index contributed by atoms with van der Waals surface area (Å²) >= 11 is 5.85. The lowest BCUT2D eigenvalue weighted by atomic mass is 10.2. The number of hydrogen-bond donors (Lipinski definition) is 1. The van der Waals surface area contributed by atoms with Gasteiger partial charge in [0.2, 0.25) is 0 Å². The van der Waals surface area contributed by atoms with Crippen molar-refractivity contribution in [3.05, 3.63) is 16.3 Å². The Labute approximate surface area is 100 Å². The van der Waals surface area contributed by atoms with E-state index in [1.54, 1.807) is 14.2 Å². The largest absolute Gasteiger partial charge is 0.363 e. The van der Waals surface area contributed by atoms with Crippen molar-refractivity contribution in [2.45, 2.75) is 20.1 Å². The summed E-state index contributed by atoms with van der Waals surface area (Å²) in [4.78, 5) is 0. The Balaban J connectivity index is 2.71. The standard InChI is InChI=1S/C10H16ClN3O2/c1-6-7(2)10(14-13-9(6)11)12-5-8(15-3)16-4/h8H,5H2,1-4H3,(H,12,14). The van der Waals surface area contributed by atoms with Crippen LogP contribution in [0.5, 0.6) is 0 Å². The van der Waals surface area contributed by atoms with Gasteiger partial charge in [0.25, 0.3) is 0 Å². The number of rotatable bonds is 5. The monoisotopic (exact) mass is 245 g/mol. The second-order valence-electron chi connectivity index (χ2n) is 3.37. The van der Waals surface area contributed by atoms with Crippen LogP contribution in [0.15, 0.2) is 0 Å². The molecule has 0 amide bonds. The molecule has 1 heterocycles. The molecule has 0 saturated carbocycles. The van der Waals surface area contributed by atoms with Crippen LogP contribution in [0.3, 0.4) is 0 Å². The van der Waals surface area contributed by atoms with E-state index in [-0.39, 0.29) is 6.29 Å². The highest BCUT2D eigenvalue weighted by atomic mass is 35.5. The molecule has 90 valence electrons. The summed E-state index contributed by atoms with van der Waals surface area (Å²) in [5, 5.41) is 11.3. The number of nitrogens with one attached hydrogen (secondary N) is 1. The fourth-order valence-electron chi connectivity index (χ4n) is 1.19. The van der Waals surface area contributed by atoms with E-state index < -0.39 is 0 Å². The smallest absolute Gasteiger partial charge is 0.173 e. The molecule has 0 aliphatic carbocycles. The van der Waals surface area contributed by atoms with Crippen molar-refractivity contribution < 1.29 is 9.47 Å². The normalized spacial score (nSPS) is 10.9. The fourth-order valence-corrected chi connectivity index (χ4v) is 1.37. The number of methoxy groups -OCH3 is 2. The number of anilines is 1. The first-order chi connectivity index (χ1) is 7.60. The lowest BCUT2D eigenvalue weighted by Crippen LogP contribution is -2.24. The van der Waals surface area contributed by atoms with Gasteiger partial charge in [-0.05, 0) is 25.0 Å². The van der Waals surface area contributed by atoms with E-state index in [0.29, 0.717) is 17.5 Å². The second-order valence-corrected chi connectivity index (χ2v) is 3.73. The maximum Gasteiger partial charge on any atom is 0.173 e. The maximum absolute atomic E-state index is 5.85. The van der Waals surface area contributed by atoms with Crippen LogP contribution in [0.2, 0.25) is 5.15 Å². The summed E-state index contributed by atoms with van der Waals surface area (Å²) in [6.07, 6.45) is -0.308. The first-order valence-corrected chi connectivity index (χ1v) is 5.26. The van der Waals surface area contributed by atoms with Gasteiger partial charge in [-0.3, -0.25) is 0 Å². The second kappa shape index (κ2) is 5.98. The molecule has 0 saturated heterocycles. The SMILES string of the molecule is COC(CNc1nnc(Cl)c(C)c1C)OC. The quantitative estimate of drug-likeness (QED) is 0.802. The Morgan fingerprint density at radius 1 is 1.19 bits per heavy atom. The summed E-state index contributed by atoms with van der Waals surface area (Å²) in [6.45, 7) is 4.35. The third-order valence-corrected chi connectivity index (χ3v) is 2.79. The van der Waals surface area contributed by atoms with Crippen molar-refractivity contribution in [1.82, 2.24) is 10.2 Å². The minimum atomic E-state index is -0.308. The predicted octanol–water partition coefficient (Wildman–Crippen LogP) is 1.78. The number of aromatic nitrogens is 2. The topological polar surface area (TPSA) is 56.3 Å². The van der Waals surface area contributed by atoms with Gasteiger partial charge in [0.05, 0.1) is 6.54 Å².